The molecule has 0 radical (unpaired) electrons. The summed E-state index contributed by atoms with van der Waals surface area (Å²) in [5.41, 5.74) is 1.90. The topological polar surface area (TPSA) is 32.9 Å². The second-order valence-electron chi connectivity index (χ2n) is 8.66. The molecule has 0 spiro atoms. The number of hydrogen-bond acceptors (Lipinski definition) is 1. The van der Waals surface area contributed by atoms with Crippen LogP contribution in [-0.4, -0.2) is 11.3 Å². The lowest BCUT2D eigenvalue weighted by Gasteiger charge is -2.02. The van der Waals surface area contributed by atoms with Gasteiger partial charge in [0.15, 0.2) is 6.29 Å². The number of unbranched alkanes of at least 4 members (excludes halogenated alkanes) is 16. The Hall–Kier alpha value is -1.31. The van der Waals surface area contributed by atoms with Gasteiger partial charge in [0.1, 0.15) is 0 Å². The molecule has 1 rings (SSSR count). The van der Waals surface area contributed by atoms with Crippen LogP contribution in [-0.2, 0) is 6.42 Å². The normalized spacial score (nSPS) is 11.5. The number of carbonyl (C=O) groups excluding carboxylic acids is 1. The molecule has 1 aromatic heterocycles. The maximum absolute atomic E-state index is 10.6. The summed E-state index contributed by atoms with van der Waals surface area (Å²) in [5, 5.41) is 0. The Morgan fingerprint density at radius 2 is 1.14 bits per heavy atom. The minimum Gasteiger partial charge on any atom is -0.356 e. The highest BCUT2D eigenvalue weighted by Crippen LogP contribution is 2.13. The van der Waals surface area contributed by atoms with E-state index in [0.717, 1.165) is 12.7 Å². The average molecular weight is 402 g/mol. The van der Waals surface area contributed by atoms with Crippen molar-refractivity contribution in [1.82, 2.24) is 4.98 Å². The molecule has 0 saturated carbocycles. The lowest BCUT2D eigenvalue weighted by Crippen LogP contribution is -1.88. The molecule has 0 fully saturated rings. The van der Waals surface area contributed by atoms with E-state index in [1.165, 1.54) is 121 Å². The Labute approximate surface area is 181 Å². The van der Waals surface area contributed by atoms with Crippen LogP contribution in [0.15, 0.2) is 24.3 Å². The third kappa shape index (κ3) is 16.2. The van der Waals surface area contributed by atoms with Crippen LogP contribution in [0.3, 0.4) is 0 Å². The van der Waals surface area contributed by atoms with E-state index < -0.39 is 0 Å². The van der Waals surface area contributed by atoms with Crippen molar-refractivity contribution in [3.63, 3.8) is 0 Å². The summed E-state index contributed by atoms with van der Waals surface area (Å²) in [6.45, 7) is 2.28. The molecule has 1 N–H and O–H groups in total. The number of carbonyl (C=O) groups is 1. The van der Waals surface area contributed by atoms with Gasteiger partial charge in [-0.1, -0.05) is 103 Å². The molecule has 0 atom stereocenters. The van der Waals surface area contributed by atoms with Crippen molar-refractivity contribution in [2.45, 2.75) is 129 Å². The van der Waals surface area contributed by atoms with E-state index in [1.807, 2.05) is 12.1 Å². The Morgan fingerprint density at radius 1 is 0.655 bits per heavy atom. The molecule has 0 amide bonds. The van der Waals surface area contributed by atoms with Crippen molar-refractivity contribution in [1.29, 1.82) is 0 Å². The zero-order valence-electron chi connectivity index (χ0n) is 19.2. The van der Waals surface area contributed by atoms with E-state index in [4.69, 9.17) is 0 Å². The quantitative estimate of drug-likeness (QED) is 0.124. The summed E-state index contributed by atoms with van der Waals surface area (Å²) in [5.74, 6) is 0. The summed E-state index contributed by atoms with van der Waals surface area (Å²) in [7, 11) is 0. The monoisotopic (exact) mass is 401 g/mol. The molecule has 0 saturated heterocycles. The first-order valence-electron chi connectivity index (χ1n) is 12.6. The SMILES string of the molecule is CCCCCCCCCC=CCCCCCCCCCCCc1ccc(C=O)[nH]1. The van der Waals surface area contributed by atoms with Gasteiger partial charge in [0.05, 0.1) is 5.69 Å². The van der Waals surface area contributed by atoms with Crippen LogP contribution < -0.4 is 0 Å². The number of aromatic amines is 1. The lowest BCUT2D eigenvalue weighted by molar-refractivity contribution is 0.111. The summed E-state index contributed by atoms with van der Waals surface area (Å²) in [6.07, 6.45) is 31.5. The molecule has 2 nitrogen and oxygen atoms in total. The highest BCUT2D eigenvalue weighted by Gasteiger charge is 1.98. The molecular weight excluding hydrogens is 354 g/mol. The minimum absolute atomic E-state index is 0.698. The third-order valence-electron chi connectivity index (χ3n) is 5.85. The number of rotatable bonds is 21. The number of H-pyrrole nitrogens is 1. The summed E-state index contributed by atoms with van der Waals surface area (Å²) < 4.78 is 0. The molecule has 1 aromatic rings. The Balaban J connectivity index is 1.74. The van der Waals surface area contributed by atoms with E-state index >= 15 is 0 Å². The van der Waals surface area contributed by atoms with Crippen molar-refractivity contribution < 1.29 is 4.79 Å². The minimum atomic E-state index is 0.698. The van der Waals surface area contributed by atoms with E-state index in [1.54, 1.807) is 0 Å². The zero-order chi connectivity index (χ0) is 20.8. The molecule has 0 unspecified atom stereocenters. The molecule has 2 heteroatoms. The van der Waals surface area contributed by atoms with Gasteiger partial charge in [-0.15, -0.1) is 0 Å². The van der Waals surface area contributed by atoms with Crippen LogP contribution in [0.5, 0.6) is 0 Å². The van der Waals surface area contributed by atoms with Crippen molar-refractivity contribution in [2.24, 2.45) is 0 Å². The Kier molecular flexibility index (Phi) is 17.7. The number of aldehydes is 1. The van der Waals surface area contributed by atoms with Crippen LogP contribution in [0, 0.1) is 0 Å². The first kappa shape index (κ1) is 25.7. The highest BCUT2D eigenvalue weighted by atomic mass is 16.1. The van der Waals surface area contributed by atoms with Gasteiger partial charge in [0, 0.05) is 5.69 Å². The van der Waals surface area contributed by atoms with Crippen LogP contribution >= 0.6 is 0 Å². The number of allylic oxidation sites excluding steroid dienone is 2. The molecule has 0 aliphatic heterocycles. The molecule has 0 bridgehead atoms. The lowest BCUT2D eigenvalue weighted by atomic mass is 10.0. The molecule has 0 aliphatic rings. The van der Waals surface area contributed by atoms with Gasteiger partial charge in [0.2, 0.25) is 0 Å². The number of aryl methyl sites for hydroxylation is 1. The molecule has 166 valence electrons. The van der Waals surface area contributed by atoms with Gasteiger partial charge in [-0.2, -0.15) is 0 Å². The van der Waals surface area contributed by atoms with E-state index in [2.05, 4.69) is 24.1 Å². The second kappa shape index (κ2) is 20.0. The molecular formula is C27H47NO. The van der Waals surface area contributed by atoms with Gasteiger partial charge < -0.3 is 4.98 Å². The van der Waals surface area contributed by atoms with Crippen LogP contribution in [0.1, 0.15) is 139 Å². The van der Waals surface area contributed by atoms with Crippen molar-refractivity contribution >= 4 is 6.29 Å². The van der Waals surface area contributed by atoms with E-state index in [0.29, 0.717) is 5.69 Å². The summed E-state index contributed by atoms with van der Waals surface area (Å²) >= 11 is 0. The maximum Gasteiger partial charge on any atom is 0.166 e. The zero-order valence-corrected chi connectivity index (χ0v) is 19.2. The first-order valence-corrected chi connectivity index (χ1v) is 12.6. The highest BCUT2D eigenvalue weighted by molar-refractivity contribution is 5.71. The van der Waals surface area contributed by atoms with Crippen molar-refractivity contribution in [3.8, 4) is 0 Å². The van der Waals surface area contributed by atoms with E-state index in [9.17, 15) is 4.79 Å². The fraction of sp³-hybridized carbons (Fsp3) is 0.741. The van der Waals surface area contributed by atoms with Gasteiger partial charge in [-0.3, -0.25) is 4.79 Å². The number of hydrogen-bond donors (Lipinski definition) is 1. The van der Waals surface area contributed by atoms with Gasteiger partial charge in [-0.25, -0.2) is 0 Å². The van der Waals surface area contributed by atoms with Crippen molar-refractivity contribution in [3.05, 3.63) is 35.7 Å². The molecule has 1 heterocycles. The van der Waals surface area contributed by atoms with Crippen LogP contribution in [0.4, 0.5) is 0 Å². The fourth-order valence-electron chi connectivity index (χ4n) is 3.94. The molecule has 29 heavy (non-hydrogen) atoms. The predicted octanol–water partition coefficient (Wildman–Crippen LogP) is 8.97. The first-order chi connectivity index (χ1) is 14.4. The largest absolute Gasteiger partial charge is 0.356 e. The third-order valence-corrected chi connectivity index (χ3v) is 5.85. The fourth-order valence-corrected chi connectivity index (χ4v) is 3.94. The smallest absolute Gasteiger partial charge is 0.166 e. The van der Waals surface area contributed by atoms with Gasteiger partial charge >= 0.3 is 0 Å². The summed E-state index contributed by atoms with van der Waals surface area (Å²) in [4.78, 5) is 13.8. The Morgan fingerprint density at radius 3 is 1.62 bits per heavy atom. The summed E-state index contributed by atoms with van der Waals surface area (Å²) in [6, 6.07) is 3.91. The molecule has 0 aromatic carbocycles. The second-order valence-corrected chi connectivity index (χ2v) is 8.66. The van der Waals surface area contributed by atoms with Crippen LogP contribution in [0.2, 0.25) is 0 Å². The van der Waals surface area contributed by atoms with Crippen LogP contribution in [0.25, 0.3) is 0 Å². The number of aromatic nitrogens is 1. The molecule has 0 aliphatic carbocycles. The van der Waals surface area contributed by atoms with E-state index in [-0.39, 0.29) is 0 Å². The predicted molar refractivity (Wildman–Crippen MR) is 128 cm³/mol. The number of nitrogens with one attached hydrogen (secondary N) is 1. The van der Waals surface area contributed by atoms with Crippen molar-refractivity contribution in [2.75, 3.05) is 0 Å². The average Bonchev–Trinajstić information content (AvgIpc) is 3.20. The Bertz CT molecular complexity index is 502. The van der Waals surface area contributed by atoms with Gasteiger partial charge in [-0.05, 0) is 50.7 Å². The standard InChI is InChI=1S/C27H47NO/c1-2-3-4-5-6-7-8-9-10-11-12-13-14-15-16-17-18-19-20-21-22-26-23-24-27(25-29)28-26/h10-11,23-25,28H,2-9,12-22H2,1H3. The maximum atomic E-state index is 10.6. The van der Waals surface area contributed by atoms with Gasteiger partial charge in [0.25, 0.3) is 0 Å².